The van der Waals surface area contributed by atoms with E-state index < -0.39 is 6.16 Å². The first-order chi connectivity index (χ1) is 4.83. The number of carbonyl (C=O) groups is 1. The topological polar surface area (TPSA) is 35.5 Å². The Bertz CT molecular complexity index is 151. The first-order valence-electron chi connectivity index (χ1n) is 3.33. The number of rotatable bonds is 2. The van der Waals surface area contributed by atoms with E-state index in [1.165, 1.54) is 0 Å². The lowest BCUT2D eigenvalue weighted by atomic mass is 10.3. The molecule has 0 spiro atoms. The molecule has 1 fully saturated rings. The van der Waals surface area contributed by atoms with Gasteiger partial charge in [0.05, 0.1) is 0 Å². The average Bonchev–Trinajstić information content (AvgIpc) is 2.31. The van der Waals surface area contributed by atoms with E-state index in [0.717, 1.165) is 6.42 Å². The quantitative estimate of drug-likeness (QED) is 0.433. The monoisotopic (exact) mass is 142 g/mol. The van der Waals surface area contributed by atoms with Crippen molar-refractivity contribution in [3.8, 4) is 0 Å². The van der Waals surface area contributed by atoms with Gasteiger partial charge in [-0.2, -0.15) is 0 Å². The fourth-order valence-electron chi connectivity index (χ4n) is 0.725. The Hall–Kier alpha value is -0.990. The van der Waals surface area contributed by atoms with Crippen molar-refractivity contribution >= 4 is 6.16 Å². The minimum atomic E-state index is -0.564. The van der Waals surface area contributed by atoms with Gasteiger partial charge in [0.25, 0.3) is 0 Å². The Morgan fingerprint density at radius 1 is 1.80 bits per heavy atom. The number of ether oxygens (including phenoxy) is 2. The van der Waals surface area contributed by atoms with Crippen LogP contribution in [0.2, 0.25) is 0 Å². The van der Waals surface area contributed by atoms with E-state index >= 15 is 0 Å². The van der Waals surface area contributed by atoms with Crippen molar-refractivity contribution in [2.45, 2.75) is 19.4 Å². The molecule has 0 amide bonds. The maximum Gasteiger partial charge on any atom is 0.509 e. The van der Waals surface area contributed by atoms with Crippen molar-refractivity contribution in [3.63, 3.8) is 0 Å². The second-order valence-electron chi connectivity index (χ2n) is 2.05. The maximum atomic E-state index is 10.3. The minimum Gasteiger partial charge on any atom is -0.430 e. The highest BCUT2D eigenvalue weighted by Crippen LogP contribution is 2.06. The lowest BCUT2D eigenvalue weighted by Gasteiger charge is -1.95. The van der Waals surface area contributed by atoms with Gasteiger partial charge in [-0.3, -0.25) is 0 Å². The van der Waals surface area contributed by atoms with Crippen LogP contribution in [0.3, 0.4) is 0 Å². The molecular weight excluding hydrogens is 132 g/mol. The van der Waals surface area contributed by atoms with Crippen LogP contribution in [0.25, 0.3) is 0 Å². The SMILES string of the molecule is CC/C=C/C1COC(=O)O1. The van der Waals surface area contributed by atoms with Gasteiger partial charge in [0.15, 0.2) is 6.10 Å². The maximum absolute atomic E-state index is 10.3. The third-order valence-corrected chi connectivity index (χ3v) is 1.20. The van der Waals surface area contributed by atoms with Gasteiger partial charge >= 0.3 is 6.16 Å². The second kappa shape index (κ2) is 3.25. The zero-order valence-corrected chi connectivity index (χ0v) is 5.87. The van der Waals surface area contributed by atoms with Crippen molar-refractivity contribution in [3.05, 3.63) is 12.2 Å². The van der Waals surface area contributed by atoms with Crippen molar-refractivity contribution in [2.75, 3.05) is 6.61 Å². The Kier molecular flexibility index (Phi) is 2.31. The van der Waals surface area contributed by atoms with Gasteiger partial charge in [0, 0.05) is 0 Å². The molecule has 0 aromatic rings. The van der Waals surface area contributed by atoms with Gasteiger partial charge in [-0.05, 0) is 12.5 Å². The fraction of sp³-hybridized carbons (Fsp3) is 0.571. The molecule has 0 aliphatic carbocycles. The number of hydrogen-bond donors (Lipinski definition) is 0. The molecule has 1 heterocycles. The molecule has 0 saturated carbocycles. The summed E-state index contributed by atoms with van der Waals surface area (Å²) in [5.41, 5.74) is 0. The summed E-state index contributed by atoms with van der Waals surface area (Å²) in [6.45, 7) is 2.38. The standard InChI is InChI=1S/C7H10O3/c1-2-3-4-6-5-9-7(8)10-6/h3-4,6H,2,5H2,1H3/b4-3+. The van der Waals surface area contributed by atoms with E-state index in [-0.39, 0.29) is 6.10 Å². The van der Waals surface area contributed by atoms with E-state index in [4.69, 9.17) is 4.74 Å². The summed E-state index contributed by atoms with van der Waals surface area (Å²) in [5.74, 6) is 0. The van der Waals surface area contributed by atoms with E-state index in [2.05, 4.69) is 4.74 Å². The van der Waals surface area contributed by atoms with Crippen molar-refractivity contribution in [2.24, 2.45) is 0 Å². The highest BCUT2D eigenvalue weighted by Gasteiger charge is 2.21. The lowest BCUT2D eigenvalue weighted by molar-refractivity contribution is 0.125. The van der Waals surface area contributed by atoms with Gasteiger partial charge in [0.2, 0.25) is 0 Å². The van der Waals surface area contributed by atoms with Crippen LogP contribution >= 0.6 is 0 Å². The van der Waals surface area contributed by atoms with Crippen LogP contribution in [-0.4, -0.2) is 18.9 Å². The van der Waals surface area contributed by atoms with Gasteiger partial charge in [-0.1, -0.05) is 13.0 Å². The van der Waals surface area contributed by atoms with E-state index in [0.29, 0.717) is 6.61 Å². The molecule has 0 aromatic heterocycles. The molecule has 1 rings (SSSR count). The zero-order chi connectivity index (χ0) is 7.40. The highest BCUT2D eigenvalue weighted by atomic mass is 16.8. The van der Waals surface area contributed by atoms with Crippen molar-refractivity contribution in [1.29, 1.82) is 0 Å². The zero-order valence-electron chi connectivity index (χ0n) is 5.87. The van der Waals surface area contributed by atoms with E-state index in [9.17, 15) is 4.79 Å². The third-order valence-electron chi connectivity index (χ3n) is 1.20. The van der Waals surface area contributed by atoms with Crippen LogP contribution in [0.1, 0.15) is 13.3 Å². The van der Waals surface area contributed by atoms with Crippen LogP contribution in [0.4, 0.5) is 4.79 Å². The normalized spacial score (nSPS) is 24.9. The number of allylic oxidation sites excluding steroid dienone is 1. The molecule has 1 aliphatic heterocycles. The van der Waals surface area contributed by atoms with Gasteiger partial charge < -0.3 is 9.47 Å². The second-order valence-corrected chi connectivity index (χ2v) is 2.05. The van der Waals surface area contributed by atoms with Crippen molar-refractivity contribution < 1.29 is 14.3 Å². The van der Waals surface area contributed by atoms with Gasteiger partial charge in [-0.25, -0.2) is 4.79 Å². The smallest absolute Gasteiger partial charge is 0.430 e. The van der Waals surface area contributed by atoms with Crippen LogP contribution in [0.5, 0.6) is 0 Å². The Morgan fingerprint density at radius 3 is 3.10 bits per heavy atom. The molecule has 56 valence electrons. The molecule has 10 heavy (non-hydrogen) atoms. The largest absolute Gasteiger partial charge is 0.509 e. The summed E-state index contributed by atoms with van der Waals surface area (Å²) < 4.78 is 9.27. The first kappa shape index (κ1) is 7.12. The molecule has 3 heteroatoms. The van der Waals surface area contributed by atoms with E-state index in [1.54, 1.807) is 0 Å². The van der Waals surface area contributed by atoms with Crippen LogP contribution in [0, 0.1) is 0 Å². The summed E-state index contributed by atoms with van der Waals surface area (Å²) in [6, 6.07) is 0. The number of hydrogen-bond acceptors (Lipinski definition) is 3. The molecular formula is C7H10O3. The van der Waals surface area contributed by atoms with Crippen LogP contribution in [-0.2, 0) is 9.47 Å². The molecule has 3 nitrogen and oxygen atoms in total. The van der Waals surface area contributed by atoms with E-state index in [1.807, 2.05) is 19.1 Å². The van der Waals surface area contributed by atoms with Gasteiger partial charge in [-0.15, -0.1) is 0 Å². The minimum absolute atomic E-state index is 0.160. The third kappa shape index (κ3) is 1.76. The van der Waals surface area contributed by atoms with Crippen LogP contribution in [0.15, 0.2) is 12.2 Å². The summed E-state index contributed by atoms with van der Waals surface area (Å²) in [5, 5.41) is 0. The number of carbonyl (C=O) groups excluding carboxylic acids is 1. The highest BCUT2D eigenvalue weighted by molar-refractivity contribution is 5.62. The first-order valence-corrected chi connectivity index (χ1v) is 3.33. The molecule has 1 unspecified atom stereocenters. The molecule has 0 aromatic carbocycles. The molecule has 1 atom stereocenters. The fourth-order valence-corrected chi connectivity index (χ4v) is 0.725. The average molecular weight is 142 g/mol. The summed E-state index contributed by atoms with van der Waals surface area (Å²) in [6.07, 6.45) is 4.02. The molecule has 0 bridgehead atoms. The number of cyclic esters (lactones) is 2. The Labute approximate surface area is 59.6 Å². The van der Waals surface area contributed by atoms with Gasteiger partial charge in [0.1, 0.15) is 6.61 Å². The summed E-state index contributed by atoms with van der Waals surface area (Å²) in [4.78, 5) is 10.3. The predicted octanol–water partition coefficient (Wildman–Crippen LogP) is 1.49. The molecule has 0 radical (unpaired) electrons. The summed E-state index contributed by atoms with van der Waals surface area (Å²) >= 11 is 0. The van der Waals surface area contributed by atoms with Crippen molar-refractivity contribution in [1.82, 2.24) is 0 Å². The summed E-state index contributed by atoms with van der Waals surface area (Å²) in [7, 11) is 0. The molecule has 1 saturated heterocycles. The Morgan fingerprint density at radius 2 is 2.60 bits per heavy atom. The molecule has 0 N–H and O–H groups in total. The molecule has 1 aliphatic rings. The Balaban J connectivity index is 2.31. The van der Waals surface area contributed by atoms with Crippen LogP contribution < -0.4 is 0 Å². The lowest BCUT2D eigenvalue weighted by Crippen LogP contribution is -2.04. The predicted molar refractivity (Wildman–Crippen MR) is 35.7 cm³/mol.